The molecule has 0 N–H and O–H groups in total. The molecule has 0 bridgehead atoms. The molecule has 2 amide bonds. The number of likely N-dealkylation sites (tertiary alicyclic amines) is 1. The van der Waals surface area contributed by atoms with Crippen LogP contribution in [0.5, 0.6) is 11.5 Å². The number of ether oxygens (including phenoxy) is 2. The Kier molecular flexibility index (Phi) is 11.1. The first-order valence-electron chi connectivity index (χ1n) is 14.2. The molecule has 1 aliphatic heterocycles. The van der Waals surface area contributed by atoms with E-state index in [2.05, 4.69) is 4.90 Å². The first-order chi connectivity index (χ1) is 19.9. The molecule has 8 nitrogen and oxygen atoms in total. The number of carbonyl (C=O) groups excluding carboxylic acids is 2. The van der Waals surface area contributed by atoms with Crippen molar-refractivity contribution in [3.63, 3.8) is 0 Å². The van der Waals surface area contributed by atoms with E-state index in [-0.39, 0.29) is 18.4 Å². The van der Waals surface area contributed by atoms with Crippen molar-refractivity contribution >= 4 is 23.4 Å². The van der Waals surface area contributed by atoms with Crippen molar-refractivity contribution in [3.8, 4) is 11.5 Å². The Morgan fingerprint density at radius 2 is 1.68 bits per heavy atom. The van der Waals surface area contributed by atoms with Crippen molar-refractivity contribution in [3.05, 3.63) is 82.3 Å². The Balaban J connectivity index is 1.53. The zero-order valence-corrected chi connectivity index (χ0v) is 25.0. The van der Waals surface area contributed by atoms with E-state index in [1.54, 1.807) is 48.3 Å². The molecule has 2 heterocycles. The Labute approximate surface area is 247 Å². The number of hydrogen-bond acceptors (Lipinski definition) is 6. The minimum absolute atomic E-state index is 0.0521. The fourth-order valence-electron chi connectivity index (χ4n) is 5.12. The lowest BCUT2D eigenvalue weighted by Crippen LogP contribution is -2.46. The van der Waals surface area contributed by atoms with E-state index in [1.165, 1.54) is 6.42 Å². The summed E-state index contributed by atoms with van der Waals surface area (Å²) in [4.78, 5) is 33.3. The summed E-state index contributed by atoms with van der Waals surface area (Å²) in [6.45, 7) is 5.75. The summed E-state index contributed by atoms with van der Waals surface area (Å²) in [5.41, 5.74) is 1.41. The first-order valence-corrected chi connectivity index (χ1v) is 14.6. The predicted octanol–water partition coefficient (Wildman–Crippen LogP) is 5.46. The standard InChI is InChI=1S/C32H40ClN3O5/c1-24-11-13-26(41-24)22-35(18-15-25-12-14-29(39-2)30(21-25)40-3)31(37)23-36(20-19-34-16-7-4-8-17-34)32(38)27-9-5-6-10-28(27)33/h5-6,9-14,21H,4,7-8,15-20,22-23H2,1-3H3. The zero-order chi connectivity index (χ0) is 29.2. The molecule has 0 saturated carbocycles. The molecule has 3 aromatic rings. The van der Waals surface area contributed by atoms with Crippen LogP contribution in [0.25, 0.3) is 0 Å². The smallest absolute Gasteiger partial charge is 0.255 e. The lowest BCUT2D eigenvalue weighted by molar-refractivity contribution is -0.132. The van der Waals surface area contributed by atoms with E-state index >= 15 is 0 Å². The Hall–Kier alpha value is -3.49. The van der Waals surface area contributed by atoms with Gasteiger partial charge in [0.2, 0.25) is 5.91 Å². The van der Waals surface area contributed by atoms with Gasteiger partial charge >= 0.3 is 0 Å². The minimum Gasteiger partial charge on any atom is -0.493 e. The van der Waals surface area contributed by atoms with Gasteiger partial charge in [0.15, 0.2) is 11.5 Å². The van der Waals surface area contributed by atoms with Gasteiger partial charge in [0.1, 0.15) is 18.1 Å². The number of benzene rings is 2. The van der Waals surface area contributed by atoms with Gasteiger partial charge in [0.05, 0.1) is 31.4 Å². The molecule has 1 aromatic heterocycles. The van der Waals surface area contributed by atoms with Crippen LogP contribution < -0.4 is 9.47 Å². The molecule has 2 aromatic carbocycles. The van der Waals surface area contributed by atoms with E-state index in [9.17, 15) is 9.59 Å². The van der Waals surface area contributed by atoms with Crippen LogP contribution in [0.1, 0.15) is 46.7 Å². The fourth-order valence-corrected chi connectivity index (χ4v) is 5.33. The molecule has 0 aliphatic carbocycles. The van der Waals surface area contributed by atoms with E-state index in [4.69, 9.17) is 25.5 Å². The topological polar surface area (TPSA) is 75.5 Å². The Morgan fingerprint density at radius 1 is 0.927 bits per heavy atom. The van der Waals surface area contributed by atoms with E-state index in [1.807, 2.05) is 37.3 Å². The predicted molar refractivity (Wildman–Crippen MR) is 160 cm³/mol. The van der Waals surface area contributed by atoms with Gasteiger partial charge in [-0.3, -0.25) is 9.59 Å². The van der Waals surface area contributed by atoms with Crippen LogP contribution >= 0.6 is 11.6 Å². The van der Waals surface area contributed by atoms with Crippen LogP contribution in [0.15, 0.2) is 59.0 Å². The minimum atomic E-state index is -0.241. The second-order valence-corrected chi connectivity index (χ2v) is 10.8. The molecular formula is C32H40ClN3O5. The van der Waals surface area contributed by atoms with Crippen molar-refractivity contribution < 1.29 is 23.5 Å². The van der Waals surface area contributed by atoms with E-state index < -0.39 is 0 Å². The summed E-state index contributed by atoms with van der Waals surface area (Å²) in [5, 5.41) is 0.379. The average Bonchev–Trinajstić information content (AvgIpc) is 3.41. The quantitative estimate of drug-likeness (QED) is 0.267. The van der Waals surface area contributed by atoms with Crippen LogP contribution in [0.2, 0.25) is 5.02 Å². The summed E-state index contributed by atoms with van der Waals surface area (Å²) in [5.74, 6) is 2.37. The lowest BCUT2D eigenvalue weighted by atomic mass is 10.1. The maximum atomic E-state index is 13.9. The summed E-state index contributed by atoms with van der Waals surface area (Å²) < 4.78 is 16.6. The van der Waals surface area contributed by atoms with Crippen LogP contribution in [0.3, 0.4) is 0 Å². The highest BCUT2D eigenvalue weighted by Crippen LogP contribution is 2.28. The van der Waals surface area contributed by atoms with Gasteiger partial charge in [0.25, 0.3) is 5.91 Å². The number of hydrogen-bond donors (Lipinski definition) is 0. The molecule has 0 atom stereocenters. The van der Waals surface area contributed by atoms with Gasteiger partial charge in [-0.15, -0.1) is 0 Å². The van der Waals surface area contributed by atoms with Crippen molar-refractivity contribution in [1.82, 2.24) is 14.7 Å². The molecule has 0 radical (unpaired) electrons. The molecule has 4 rings (SSSR count). The van der Waals surface area contributed by atoms with Crippen LogP contribution in [-0.2, 0) is 17.8 Å². The number of nitrogens with zero attached hydrogens (tertiary/aromatic N) is 3. The highest BCUT2D eigenvalue weighted by Gasteiger charge is 2.25. The monoisotopic (exact) mass is 581 g/mol. The third kappa shape index (κ3) is 8.50. The van der Waals surface area contributed by atoms with Gasteiger partial charge in [-0.2, -0.15) is 0 Å². The summed E-state index contributed by atoms with van der Waals surface area (Å²) in [6, 6.07) is 16.5. The van der Waals surface area contributed by atoms with E-state index in [0.717, 1.165) is 37.3 Å². The number of piperidine rings is 1. The fraction of sp³-hybridized carbons (Fsp3) is 0.438. The third-order valence-corrected chi connectivity index (χ3v) is 7.80. The molecule has 1 fully saturated rings. The van der Waals surface area contributed by atoms with Crippen molar-refractivity contribution in [2.45, 2.75) is 39.2 Å². The van der Waals surface area contributed by atoms with Gasteiger partial charge < -0.3 is 28.6 Å². The Morgan fingerprint density at radius 3 is 2.37 bits per heavy atom. The maximum Gasteiger partial charge on any atom is 0.255 e. The SMILES string of the molecule is COc1ccc(CCN(Cc2ccc(C)o2)C(=O)CN(CCN2CCCCC2)C(=O)c2ccccc2Cl)cc1OC. The van der Waals surface area contributed by atoms with E-state index in [0.29, 0.717) is 60.4 Å². The van der Waals surface area contributed by atoms with Gasteiger partial charge in [-0.25, -0.2) is 0 Å². The molecule has 1 saturated heterocycles. The van der Waals surface area contributed by atoms with Gasteiger partial charge in [0, 0.05) is 19.6 Å². The summed E-state index contributed by atoms with van der Waals surface area (Å²) in [6.07, 6.45) is 4.14. The number of aryl methyl sites for hydroxylation is 1. The number of carbonyl (C=O) groups is 2. The van der Waals surface area contributed by atoms with Crippen molar-refractivity contribution in [2.75, 3.05) is 53.5 Å². The molecule has 0 unspecified atom stereocenters. The zero-order valence-electron chi connectivity index (χ0n) is 24.2. The van der Waals surface area contributed by atoms with Crippen LogP contribution in [0.4, 0.5) is 0 Å². The largest absolute Gasteiger partial charge is 0.493 e. The second kappa shape index (κ2) is 14.9. The number of rotatable bonds is 13. The van der Waals surface area contributed by atoms with Gasteiger partial charge in [-0.1, -0.05) is 36.2 Å². The van der Waals surface area contributed by atoms with Gasteiger partial charge in [-0.05, 0) is 81.2 Å². The molecular weight excluding hydrogens is 542 g/mol. The molecule has 0 spiro atoms. The lowest BCUT2D eigenvalue weighted by Gasteiger charge is -2.31. The summed E-state index contributed by atoms with van der Waals surface area (Å²) >= 11 is 6.40. The van der Waals surface area contributed by atoms with Crippen LogP contribution in [-0.4, -0.2) is 80.0 Å². The maximum absolute atomic E-state index is 13.9. The molecule has 220 valence electrons. The highest BCUT2D eigenvalue weighted by atomic mass is 35.5. The average molecular weight is 582 g/mol. The van der Waals surface area contributed by atoms with Crippen molar-refractivity contribution in [2.24, 2.45) is 0 Å². The molecule has 1 aliphatic rings. The third-order valence-electron chi connectivity index (χ3n) is 7.47. The highest BCUT2D eigenvalue weighted by molar-refractivity contribution is 6.33. The Bertz CT molecular complexity index is 1300. The number of halogens is 1. The van der Waals surface area contributed by atoms with Crippen molar-refractivity contribution in [1.29, 1.82) is 0 Å². The summed E-state index contributed by atoms with van der Waals surface area (Å²) in [7, 11) is 3.20. The number of amides is 2. The normalized spacial score (nSPS) is 13.6. The molecule has 9 heteroatoms. The van der Waals surface area contributed by atoms with Crippen LogP contribution in [0, 0.1) is 6.92 Å². The second-order valence-electron chi connectivity index (χ2n) is 10.4. The molecule has 41 heavy (non-hydrogen) atoms. The first kappa shape index (κ1) is 30.5. The number of methoxy groups -OCH3 is 2. The number of furan rings is 1.